The lowest BCUT2D eigenvalue weighted by Crippen LogP contribution is -2.15. The summed E-state index contributed by atoms with van der Waals surface area (Å²) in [4.78, 5) is 22.7. The lowest BCUT2D eigenvalue weighted by Gasteiger charge is -2.06. The van der Waals surface area contributed by atoms with Crippen LogP contribution in [-0.4, -0.2) is 31.4 Å². The van der Waals surface area contributed by atoms with Crippen LogP contribution >= 0.6 is 11.6 Å². The summed E-state index contributed by atoms with van der Waals surface area (Å²) >= 11 is 5.95. The van der Waals surface area contributed by atoms with Crippen LogP contribution in [0.1, 0.15) is 24.2 Å². The van der Waals surface area contributed by atoms with Crippen molar-refractivity contribution in [1.82, 2.24) is 0 Å². The molecule has 7 heteroatoms. The van der Waals surface area contributed by atoms with E-state index in [1.54, 1.807) is 13.0 Å². The van der Waals surface area contributed by atoms with Crippen molar-refractivity contribution in [3.05, 3.63) is 28.8 Å². The zero-order valence-electron chi connectivity index (χ0n) is 11.4. The first-order valence-corrected chi connectivity index (χ1v) is 6.22. The molecule has 0 aliphatic carbocycles. The molecule has 0 aromatic heterocycles. The third-order valence-corrected chi connectivity index (χ3v) is 2.61. The number of hydrogen-bond donors (Lipinski definition) is 1. The van der Waals surface area contributed by atoms with Crippen molar-refractivity contribution in [3.63, 3.8) is 0 Å². The van der Waals surface area contributed by atoms with Crippen molar-refractivity contribution in [2.75, 3.05) is 19.1 Å². The second-order valence-electron chi connectivity index (χ2n) is 3.72. The van der Waals surface area contributed by atoms with Gasteiger partial charge in [-0.2, -0.15) is 5.10 Å². The molecular weight excluding hydrogens is 284 g/mol. The summed E-state index contributed by atoms with van der Waals surface area (Å²) in [7, 11) is 1.28. The Morgan fingerprint density at radius 3 is 2.65 bits per heavy atom. The lowest BCUT2D eigenvalue weighted by molar-refractivity contribution is -0.135. The maximum atomic E-state index is 11.4. The van der Waals surface area contributed by atoms with Crippen LogP contribution in [0.15, 0.2) is 23.3 Å². The van der Waals surface area contributed by atoms with Gasteiger partial charge >= 0.3 is 11.9 Å². The Kier molecular flexibility index (Phi) is 5.99. The maximum Gasteiger partial charge on any atom is 0.354 e. The van der Waals surface area contributed by atoms with Gasteiger partial charge in [-0.25, -0.2) is 9.59 Å². The predicted octanol–water partition coefficient (Wildman–Crippen LogP) is 2.48. The van der Waals surface area contributed by atoms with E-state index in [4.69, 9.17) is 16.3 Å². The van der Waals surface area contributed by atoms with Gasteiger partial charge in [0.25, 0.3) is 0 Å². The topological polar surface area (TPSA) is 77.0 Å². The standard InChI is InChI=1S/C13H15ClN2O4/c1-4-20-12(17)8(2)15-16-9-5-6-10(11(14)7-9)13(18)19-3/h5-7,16H,4H2,1-3H3/b15-8-. The van der Waals surface area contributed by atoms with Crippen LogP contribution in [0.2, 0.25) is 5.02 Å². The van der Waals surface area contributed by atoms with E-state index in [0.29, 0.717) is 5.69 Å². The van der Waals surface area contributed by atoms with Gasteiger partial charge in [-0.3, -0.25) is 5.43 Å². The maximum absolute atomic E-state index is 11.4. The van der Waals surface area contributed by atoms with E-state index < -0.39 is 11.9 Å². The molecular formula is C13H15ClN2O4. The van der Waals surface area contributed by atoms with Gasteiger partial charge in [0, 0.05) is 0 Å². The molecule has 0 atom stereocenters. The number of rotatable bonds is 5. The van der Waals surface area contributed by atoms with Gasteiger partial charge in [-0.1, -0.05) is 11.6 Å². The van der Waals surface area contributed by atoms with E-state index in [1.807, 2.05) is 0 Å². The van der Waals surface area contributed by atoms with Crippen LogP contribution in [0.5, 0.6) is 0 Å². The van der Waals surface area contributed by atoms with E-state index in [-0.39, 0.29) is 22.9 Å². The Balaban J connectivity index is 2.80. The summed E-state index contributed by atoms with van der Waals surface area (Å²) in [5, 5.41) is 4.09. The quantitative estimate of drug-likeness (QED) is 0.513. The highest BCUT2D eigenvalue weighted by Crippen LogP contribution is 2.21. The Hall–Kier alpha value is -2.08. The highest BCUT2D eigenvalue weighted by atomic mass is 35.5. The zero-order chi connectivity index (χ0) is 15.1. The molecule has 0 aliphatic heterocycles. The molecule has 1 N–H and O–H groups in total. The Bertz CT molecular complexity index is 543. The number of carbonyl (C=O) groups excluding carboxylic acids is 2. The molecule has 0 saturated heterocycles. The fourth-order valence-electron chi connectivity index (χ4n) is 1.29. The smallest absolute Gasteiger partial charge is 0.354 e. The molecule has 0 amide bonds. The summed E-state index contributed by atoms with van der Waals surface area (Å²) in [5.74, 6) is -1.02. The van der Waals surface area contributed by atoms with Crippen LogP contribution in [0.25, 0.3) is 0 Å². The zero-order valence-corrected chi connectivity index (χ0v) is 12.2. The Labute approximate surface area is 121 Å². The number of halogens is 1. The van der Waals surface area contributed by atoms with Crippen molar-refractivity contribution in [1.29, 1.82) is 0 Å². The van der Waals surface area contributed by atoms with Gasteiger partial charge in [-0.05, 0) is 32.0 Å². The molecule has 0 saturated carbocycles. The fourth-order valence-corrected chi connectivity index (χ4v) is 1.55. The van der Waals surface area contributed by atoms with Crippen LogP contribution in [-0.2, 0) is 14.3 Å². The number of ether oxygens (including phenoxy) is 2. The minimum absolute atomic E-state index is 0.181. The summed E-state index contributed by atoms with van der Waals surface area (Å²) < 4.78 is 9.36. The highest BCUT2D eigenvalue weighted by molar-refractivity contribution is 6.35. The average molecular weight is 299 g/mol. The van der Waals surface area contributed by atoms with Crippen molar-refractivity contribution in [3.8, 4) is 0 Å². The monoisotopic (exact) mass is 298 g/mol. The average Bonchev–Trinajstić information content (AvgIpc) is 2.44. The van der Waals surface area contributed by atoms with Crippen molar-refractivity contribution in [2.45, 2.75) is 13.8 Å². The number of hydrazone groups is 1. The molecule has 0 fully saturated rings. The minimum Gasteiger partial charge on any atom is -0.465 e. The molecule has 1 aromatic rings. The van der Waals surface area contributed by atoms with Crippen molar-refractivity contribution in [2.24, 2.45) is 5.10 Å². The summed E-state index contributed by atoms with van der Waals surface area (Å²) in [6, 6.07) is 4.61. The Morgan fingerprint density at radius 2 is 2.10 bits per heavy atom. The fraction of sp³-hybridized carbons (Fsp3) is 0.308. The number of anilines is 1. The molecule has 1 aromatic carbocycles. The van der Waals surface area contributed by atoms with Gasteiger partial charge in [0.1, 0.15) is 5.71 Å². The van der Waals surface area contributed by atoms with E-state index >= 15 is 0 Å². The Morgan fingerprint density at radius 1 is 1.40 bits per heavy atom. The number of nitrogens with one attached hydrogen (secondary N) is 1. The third kappa shape index (κ3) is 4.24. The van der Waals surface area contributed by atoms with Crippen LogP contribution < -0.4 is 5.43 Å². The van der Waals surface area contributed by atoms with Gasteiger partial charge < -0.3 is 9.47 Å². The first-order chi connectivity index (χ1) is 9.49. The van der Waals surface area contributed by atoms with E-state index in [1.165, 1.54) is 26.2 Å². The largest absolute Gasteiger partial charge is 0.465 e. The van der Waals surface area contributed by atoms with E-state index in [9.17, 15) is 9.59 Å². The number of esters is 2. The highest BCUT2D eigenvalue weighted by Gasteiger charge is 2.11. The SMILES string of the molecule is CCOC(=O)/C(C)=N\Nc1ccc(C(=O)OC)c(Cl)c1. The third-order valence-electron chi connectivity index (χ3n) is 2.30. The van der Waals surface area contributed by atoms with Gasteiger partial charge in [-0.15, -0.1) is 0 Å². The van der Waals surface area contributed by atoms with Crippen LogP contribution in [0, 0.1) is 0 Å². The first-order valence-electron chi connectivity index (χ1n) is 5.84. The molecule has 1 rings (SSSR count). The molecule has 6 nitrogen and oxygen atoms in total. The van der Waals surface area contributed by atoms with E-state index in [0.717, 1.165) is 0 Å². The van der Waals surface area contributed by atoms with Gasteiger partial charge in [0.05, 0.1) is 30.0 Å². The molecule has 0 heterocycles. The number of hydrogen-bond acceptors (Lipinski definition) is 6. The van der Waals surface area contributed by atoms with Gasteiger partial charge in [0.2, 0.25) is 0 Å². The number of methoxy groups -OCH3 is 1. The molecule has 0 unspecified atom stereocenters. The van der Waals surface area contributed by atoms with Crippen molar-refractivity contribution >= 4 is 34.9 Å². The van der Waals surface area contributed by atoms with Crippen LogP contribution in [0.4, 0.5) is 5.69 Å². The molecule has 0 aliphatic rings. The number of nitrogens with zero attached hydrogens (tertiary/aromatic N) is 1. The lowest BCUT2D eigenvalue weighted by atomic mass is 10.2. The number of benzene rings is 1. The molecule has 20 heavy (non-hydrogen) atoms. The first kappa shape index (κ1) is 16.0. The van der Waals surface area contributed by atoms with E-state index in [2.05, 4.69) is 15.3 Å². The molecule has 0 bridgehead atoms. The summed E-state index contributed by atoms with van der Waals surface area (Å²) in [6.07, 6.45) is 0. The van der Waals surface area contributed by atoms with Gasteiger partial charge in [0.15, 0.2) is 0 Å². The molecule has 108 valence electrons. The van der Waals surface area contributed by atoms with Crippen LogP contribution in [0.3, 0.4) is 0 Å². The van der Waals surface area contributed by atoms with Crippen molar-refractivity contribution < 1.29 is 19.1 Å². The molecule has 0 spiro atoms. The minimum atomic E-state index is -0.521. The summed E-state index contributed by atoms with van der Waals surface area (Å²) in [6.45, 7) is 3.52. The predicted molar refractivity (Wildman–Crippen MR) is 76.2 cm³/mol. The second kappa shape index (κ2) is 7.49. The summed E-state index contributed by atoms with van der Waals surface area (Å²) in [5.41, 5.74) is 3.63. The second-order valence-corrected chi connectivity index (χ2v) is 4.12. The molecule has 0 radical (unpaired) electrons. The number of carbonyl (C=O) groups is 2. The normalized spacial score (nSPS) is 10.9.